The summed E-state index contributed by atoms with van der Waals surface area (Å²) in [6.45, 7) is 23.9. The second-order valence-corrected chi connectivity index (χ2v) is 9.22. The zero-order valence-electron chi connectivity index (χ0n) is 27.3. The fraction of sp³-hybridized carbons (Fsp3) is 0.645. The highest BCUT2D eigenvalue weighted by Crippen LogP contribution is 2.18. The number of nitrogens with one attached hydrogen (secondary N) is 2. The summed E-state index contributed by atoms with van der Waals surface area (Å²) in [7, 11) is 2.84. The molecule has 9 nitrogen and oxygen atoms in total. The minimum atomic E-state index is -0.781. The van der Waals surface area contributed by atoms with Gasteiger partial charge in [0.1, 0.15) is 17.7 Å². The number of carbonyl (C=O) groups excluding carboxylic acids is 4. The summed E-state index contributed by atoms with van der Waals surface area (Å²) >= 11 is 1.38. The second kappa shape index (κ2) is 33.4. The maximum absolute atomic E-state index is 11.9. The van der Waals surface area contributed by atoms with Crippen LogP contribution in [0.2, 0.25) is 0 Å². The van der Waals surface area contributed by atoms with Crippen LogP contribution in [-0.4, -0.2) is 49.9 Å². The van der Waals surface area contributed by atoms with E-state index in [-0.39, 0.29) is 17.1 Å². The van der Waals surface area contributed by atoms with Gasteiger partial charge in [-0.05, 0) is 32.6 Å². The molecule has 41 heavy (non-hydrogen) atoms. The monoisotopic (exact) mass is 599 g/mol. The van der Waals surface area contributed by atoms with Crippen molar-refractivity contribution in [1.82, 2.24) is 15.6 Å². The van der Waals surface area contributed by atoms with Gasteiger partial charge in [0.15, 0.2) is 0 Å². The van der Waals surface area contributed by atoms with Crippen LogP contribution in [0.25, 0.3) is 0 Å². The minimum Gasteiger partial charge on any atom is -0.464 e. The highest BCUT2D eigenvalue weighted by molar-refractivity contribution is 7.09. The summed E-state index contributed by atoms with van der Waals surface area (Å²) in [6, 6.07) is 0. The number of rotatable bonds is 14. The van der Waals surface area contributed by atoms with Crippen molar-refractivity contribution in [2.75, 3.05) is 20.8 Å². The van der Waals surface area contributed by atoms with Crippen LogP contribution < -0.4 is 10.6 Å². The van der Waals surface area contributed by atoms with Crippen molar-refractivity contribution in [2.45, 2.75) is 107 Å². The van der Waals surface area contributed by atoms with E-state index in [0.29, 0.717) is 0 Å². The van der Waals surface area contributed by atoms with Gasteiger partial charge in [-0.25, -0.2) is 9.78 Å². The summed E-state index contributed by atoms with van der Waals surface area (Å²) in [5.74, 6) is -1.05. The molecule has 0 saturated carbocycles. The summed E-state index contributed by atoms with van der Waals surface area (Å²) in [4.78, 5) is 47.7. The topological polar surface area (TPSA) is 124 Å². The Morgan fingerprint density at radius 3 is 1.76 bits per heavy atom. The smallest absolute Gasteiger partial charge is 0.353 e. The highest BCUT2D eigenvalue weighted by Gasteiger charge is 2.17. The number of esters is 1. The van der Waals surface area contributed by atoms with Crippen LogP contribution >= 0.6 is 11.3 Å². The van der Waals surface area contributed by atoms with Gasteiger partial charge in [0.25, 0.3) is 11.8 Å². The van der Waals surface area contributed by atoms with Crippen molar-refractivity contribution in [1.29, 1.82) is 0 Å². The third kappa shape index (κ3) is 27.1. The molecule has 1 aromatic rings. The van der Waals surface area contributed by atoms with E-state index in [2.05, 4.69) is 59.0 Å². The number of aldehydes is 1. The van der Waals surface area contributed by atoms with Crippen molar-refractivity contribution in [3.05, 3.63) is 40.6 Å². The first-order chi connectivity index (χ1) is 19.6. The molecule has 10 heteroatoms. The van der Waals surface area contributed by atoms with Gasteiger partial charge in [0, 0.05) is 19.1 Å². The SMILES string of the molecule is C=C(NC(=O)c1csc(CCC)n1)C(=O)NC(=C)C(=O)OC.CC.CC=O.CCCC(CCC)CCC.CCOC. The number of carbonyl (C=O) groups is 4. The molecule has 238 valence electrons. The molecule has 0 bridgehead atoms. The molecule has 0 aliphatic rings. The van der Waals surface area contributed by atoms with Crippen LogP contribution in [0.1, 0.15) is 116 Å². The molecule has 2 N–H and O–H groups in total. The van der Waals surface area contributed by atoms with E-state index in [1.807, 2.05) is 27.7 Å². The Balaban J connectivity index is -0.000000297. The molecule has 0 aliphatic carbocycles. The fourth-order valence-electron chi connectivity index (χ4n) is 3.05. The third-order valence-electron chi connectivity index (χ3n) is 4.86. The molecule has 0 unspecified atom stereocenters. The number of hydrogen-bond donors (Lipinski definition) is 2. The van der Waals surface area contributed by atoms with Crippen LogP contribution in [-0.2, 0) is 30.3 Å². The number of methoxy groups -OCH3 is 2. The summed E-state index contributed by atoms with van der Waals surface area (Å²) in [5.41, 5.74) is -0.254. The molecular weight excluding hydrogens is 542 g/mol. The highest BCUT2D eigenvalue weighted by atomic mass is 32.1. The maximum atomic E-state index is 11.9. The van der Waals surface area contributed by atoms with Gasteiger partial charge in [0.2, 0.25) is 0 Å². The molecule has 0 radical (unpaired) electrons. The van der Waals surface area contributed by atoms with Gasteiger partial charge in [-0.3, -0.25) is 9.59 Å². The fourth-order valence-corrected chi connectivity index (χ4v) is 3.93. The van der Waals surface area contributed by atoms with Crippen molar-refractivity contribution < 1.29 is 28.7 Å². The van der Waals surface area contributed by atoms with Crippen LogP contribution in [0.4, 0.5) is 0 Å². The van der Waals surface area contributed by atoms with E-state index in [4.69, 9.17) is 4.79 Å². The van der Waals surface area contributed by atoms with Crippen molar-refractivity contribution in [3.63, 3.8) is 0 Å². The second-order valence-electron chi connectivity index (χ2n) is 8.28. The van der Waals surface area contributed by atoms with E-state index in [1.54, 1.807) is 12.5 Å². The molecule has 0 aliphatic heterocycles. The van der Waals surface area contributed by atoms with Crippen LogP contribution in [0, 0.1) is 5.92 Å². The van der Waals surface area contributed by atoms with Crippen molar-refractivity contribution in [3.8, 4) is 0 Å². The average Bonchev–Trinajstić information content (AvgIpc) is 3.44. The number of nitrogens with zero attached hydrogens (tertiary/aromatic N) is 1. The van der Waals surface area contributed by atoms with E-state index in [9.17, 15) is 14.4 Å². The van der Waals surface area contributed by atoms with E-state index in [0.717, 1.165) is 43.8 Å². The van der Waals surface area contributed by atoms with Gasteiger partial charge in [-0.2, -0.15) is 0 Å². The lowest BCUT2D eigenvalue weighted by molar-refractivity contribution is -0.137. The average molecular weight is 600 g/mol. The van der Waals surface area contributed by atoms with Crippen molar-refractivity contribution in [2.24, 2.45) is 5.92 Å². The van der Waals surface area contributed by atoms with Gasteiger partial charge < -0.3 is 24.9 Å². The van der Waals surface area contributed by atoms with Gasteiger partial charge >= 0.3 is 5.97 Å². The molecule has 1 aromatic heterocycles. The molecule has 2 amide bonds. The van der Waals surface area contributed by atoms with Gasteiger partial charge in [0.05, 0.1) is 17.8 Å². The molecule has 0 aromatic carbocycles. The first kappa shape index (κ1) is 45.1. The molecule has 0 spiro atoms. The minimum absolute atomic E-state index is 0.217. The first-order valence-electron chi connectivity index (χ1n) is 14.5. The number of hydrogen-bond acceptors (Lipinski definition) is 8. The molecule has 0 fully saturated rings. The molecule has 0 atom stereocenters. The van der Waals surface area contributed by atoms with Crippen molar-refractivity contribution >= 4 is 35.4 Å². The standard InChI is InChI=1S/C14H17N3O4S.C10H22.C3H8O.C2H4O.C2H6/c1-5-6-11-17-10(7-22-11)13(19)15-8(2)12(18)16-9(3)14(20)21-4;1-4-7-10(8-5-2)9-6-3;1-3-4-2;1-2-3;1-2/h7H,2-3,5-6H2,1,4H3,(H,15,19)(H,16,18);10H,4-9H2,1-3H3;3H2,1-2H3;2H,1H3;1-2H3. The molecular formula is C31H57N3O6S. The number of amides is 2. The lowest BCUT2D eigenvalue weighted by Crippen LogP contribution is -2.35. The lowest BCUT2D eigenvalue weighted by Gasteiger charge is -2.12. The normalized spacial score (nSPS) is 9.05. The van der Waals surface area contributed by atoms with E-state index >= 15 is 0 Å². The lowest BCUT2D eigenvalue weighted by atomic mass is 9.94. The quantitative estimate of drug-likeness (QED) is 0.134. The maximum Gasteiger partial charge on any atom is 0.353 e. The number of aromatic nitrogens is 1. The largest absolute Gasteiger partial charge is 0.464 e. The number of ether oxygens (including phenoxy) is 2. The summed E-state index contributed by atoms with van der Waals surface area (Å²) < 4.78 is 8.93. The predicted molar refractivity (Wildman–Crippen MR) is 171 cm³/mol. The predicted octanol–water partition coefficient (Wildman–Crippen LogP) is 7.03. The third-order valence-corrected chi connectivity index (χ3v) is 5.77. The zero-order valence-corrected chi connectivity index (χ0v) is 28.1. The Morgan fingerprint density at radius 2 is 1.39 bits per heavy atom. The summed E-state index contributed by atoms with van der Waals surface area (Å²) in [5, 5.41) is 6.95. The Bertz CT molecular complexity index is 823. The zero-order chi connectivity index (χ0) is 32.6. The van der Waals surface area contributed by atoms with Crippen LogP contribution in [0.5, 0.6) is 0 Å². The Morgan fingerprint density at radius 1 is 0.927 bits per heavy atom. The van der Waals surface area contributed by atoms with Gasteiger partial charge in [-0.1, -0.05) is 93.2 Å². The number of thiazole rings is 1. The molecule has 1 heterocycles. The van der Waals surface area contributed by atoms with Crippen LogP contribution in [0.3, 0.4) is 0 Å². The van der Waals surface area contributed by atoms with Gasteiger partial charge in [-0.15, -0.1) is 11.3 Å². The van der Waals surface area contributed by atoms with E-state index < -0.39 is 17.8 Å². The van der Waals surface area contributed by atoms with E-state index in [1.165, 1.54) is 56.8 Å². The van der Waals surface area contributed by atoms with Crippen LogP contribution in [0.15, 0.2) is 29.9 Å². The molecule has 1 rings (SSSR count). The summed E-state index contributed by atoms with van der Waals surface area (Å²) in [6.07, 6.45) is 10.9. The number of aryl methyl sites for hydroxylation is 1. The molecule has 0 saturated heterocycles. The first-order valence-corrected chi connectivity index (χ1v) is 15.4. The Labute approximate surface area is 253 Å². The Hall–Kier alpha value is -2.85. The Kier molecular flexibility index (Phi) is 36.7.